The average Bonchev–Trinajstić information content (AvgIpc) is 2.86. The predicted molar refractivity (Wildman–Crippen MR) is 102 cm³/mol. The topological polar surface area (TPSA) is 67.9 Å². The van der Waals surface area contributed by atoms with Gasteiger partial charge in [0.1, 0.15) is 11.6 Å². The number of ether oxygens (including phenoxy) is 1. The van der Waals surface area contributed by atoms with Crippen LogP contribution >= 0.6 is 11.6 Å². The molecule has 1 atom stereocenters. The number of nitrogens with zero attached hydrogens (tertiary/aromatic N) is 2. The van der Waals surface area contributed by atoms with Crippen LogP contribution in [0.15, 0.2) is 41.4 Å². The summed E-state index contributed by atoms with van der Waals surface area (Å²) in [5, 5.41) is 0.0375. The van der Waals surface area contributed by atoms with Crippen LogP contribution in [0, 0.1) is 11.2 Å². The van der Waals surface area contributed by atoms with E-state index in [1.807, 2.05) is 26.0 Å². The van der Waals surface area contributed by atoms with Crippen LogP contribution in [0.25, 0.3) is 11.1 Å². The molecule has 27 heavy (non-hydrogen) atoms. The highest BCUT2D eigenvalue weighted by Crippen LogP contribution is 2.53. The first kappa shape index (κ1) is 17.8. The third-order valence-corrected chi connectivity index (χ3v) is 5.72. The van der Waals surface area contributed by atoms with Crippen LogP contribution in [0.2, 0.25) is 5.02 Å². The fourth-order valence-electron chi connectivity index (χ4n) is 3.78. The first-order chi connectivity index (χ1) is 12.7. The van der Waals surface area contributed by atoms with Crippen molar-refractivity contribution in [3.8, 4) is 16.9 Å². The van der Waals surface area contributed by atoms with Gasteiger partial charge in [0.15, 0.2) is 11.5 Å². The van der Waals surface area contributed by atoms with Gasteiger partial charge in [-0.3, -0.25) is 9.69 Å². The van der Waals surface area contributed by atoms with Crippen molar-refractivity contribution in [3.63, 3.8) is 0 Å². The lowest BCUT2D eigenvalue weighted by Crippen LogP contribution is -2.53. The van der Waals surface area contributed by atoms with E-state index in [1.54, 1.807) is 25.2 Å². The lowest BCUT2D eigenvalue weighted by molar-refractivity contribution is -0.137. The van der Waals surface area contributed by atoms with E-state index in [0.29, 0.717) is 17.9 Å². The number of hydrogen-bond donors (Lipinski definition) is 1. The van der Waals surface area contributed by atoms with Crippen molar-refractivity contribution in [1.82, 2.24) is 4.90 Å². The van der Waals surface area contributed by atoms with Crippen LogP contribution in [0.1, 0.15) is 19.4 Å². The molecule has 0 fully saturated rings. The van der Waals surface area contributed by atoms with Crippen molar-refractivity contribution in [2.24, 2.45) is 16.1 Å². The first-order valence-electron chi connectivity index (χ1n) is 8.53. The maximum atomic E-state index is 13.5. The van der Waals surface area contributed by atoms with Crippen molar-refractivity contribution in [2.75, 3.05) is 13.7 Å². The van der Waals surface area contributed by atoms with Crippen LogP contribution < -0.4 is 10.5 Å². The minimum atomic E-state index is -1.17. The second-order valence-corrected chi connectivity index (χ2v) is 7.96. The highest BCUT2D eigenvalue weighted by molar-refractivity contribution is 6.31. The molecule has 2 aromatic carbocycles. The Morgan fingerprint density at radius 2 is 1.89 bits per heavy atom. The zero-order chi connectivity index (χ0) is 19.6. The summed E-state index contributed by atoms with van der Waals surface area (Å²) < 4.78 is 19.4. The van der Waals surface area contributed by atoms with Gasteiger partial charge in [0.25, 0.3) is 5.91 Å². The largest absolute Gasteiger partial charge is 0.493 e. The summed E-state index contributed by atoms with van der Waals surface area (Å²) in [4.78, 5) is 19.2. The molecule has 4 rings (SSSR count). The summed E-state index contributed by atoms with van der Waals surface area (Å²) in [6, 6.07) is 10.0. The van der Waals surface area contributed by atoms with E-state index in [0.717, 1.165) is 11.1 Å². The predicted octanol–water partition coefficient (Wildman–Crippen LogP) is 3.55. The normalized spacial score (nSPS) is 23.2. The molecule has 7 heteroatoms. The number of hydrogen-bond acceptors (Lipinski definition) is 4. The van der Waals surface area contributed by atoms with Crippen LogP contribution in [0.4, 0.5) is 4.39 Å². The number of benzene rings is 2. The van der Waals surface area contributed by atoms with Crippen molar-refractivity contribution in [3.05, 3.63) is 52.8 Å². The van der Waals surface area contributed by atoms with Crippen molar-refractivity contribution < 1.29 is 13.9 Å². The van der Waals surface area contributed by atoms with Gasteiger partial charge in [-0.05, 0) is 35.4 Å². The third kappa shape index (κ3) is 2.36. The Labute approximate surface area is 161 Å². The van der Waals surface area contributed by atoms with E-state index >= 15 is 0 Å². The second kappa shape index (κ2) is 5.70. The number of halogens is 2. The van der Waals surface area contributed by atoms with E-state index < -0.39 is 16.8 Å². The molecule has 0 saturated carbocycles. The number of fused-ring (bicyclic) bond motifs is 2. The number of amides is 1. The lowest BCUT2D eigenvalue weighted by atomic mass is 9.66. The monoisotopic (exact) mass is 387 g/mol. The summed E-state index contributed by atoms with van der Waals surface area (Å²) in [6.07, 6.45) is 0. The molecule has 0 aromatic heterocycles. The minimum Gasteiger partial charge on any atom is -0.493 e. The standard InChI is InChI=1S/C20H19ClFN3O2/c1-19(2)10-27-16-7-5-11(12-4-6-15(22)14(21)9-12)8-13(16)20(19)17(26)25(3)18(23)24-20/h4-9H,10H2,1-3H3,(H2,23,24). The quantitative estimate of drug-likeness (QED) is 0.813. The zero-order valence-electron chi connectivity index (χ0n) is 15.2. The molecule has 2 aliphatic heterocycles. The summed E-state index contributed by atoms with van der Waals surface area (Å²) in [5.41, 5.74) is 6.39. The summed E-state index contributed by atoms with van der Waals surface area (Å²) >= 11 is 5.94. The molecule has 0 saturated heterocycles. The van der Waals surface area contributed by atoms with Gasteiger partial charge in [0.2, 0.25) is 0 Å². The van der Waals surface area contributed by atoms with Gasteiger partial charge in [0, 0.05) is 18.0 Å². The van der Waals surface area contributed by atoms with Gasteiger partial charge in [-0.25, -0.2) is 9.38 Å². The molecule has 2 N–H and O–H groups in total. The van der Waals surface area contributed by atoms with Crippen molar-refractivity contribution >= 4 is 23.5 Å². The fourth-order valence-corrected chi connectivity index (χ4v) is 3.96. The van der Waals surface area contributed by atoms with E-state index in [-0.39, 0.29) is 16.9 Å². The molecule has 2 heterocycles. The number of carbonyl (C=O) groups excluding carboxylic acids is 1. The molecule has 5 nitrogen and oxygen atoms in total. The second-order valence-electron chi connectivity index (χ2n) is 7.56. The molecule has 140 valence electrons. The molecule has 0 bridgehead atoms. The average molecular weight is 388 g/mol. The third-order valence-electron chi connectivity index (χ3n) is 5.43. The van der Waals surface area contributed by atoms with Gasteiger partial charge in [-0.1, -0.05) is 37.6 Å². The van der Waals surface area contributed by atoms with Crippen LogP contribution in [-0.4, -0.2) is 30.4 Å². The number of guanidine groups is 1. The fraction of sp³-hybridized carbons (Fsp3) is 0.300. The van der Waals surface area contributed by atoms with E-state index in [4.69, 9.17) is 22.1 Å². The number of likely N-dealkylation sites (N-methyl/N-ethyl adjacent to an activating group) is 1. The number of nitrogens with two attached hydrogens (primary N) is 1. The number of rotatable bonds is 1. The maximum absolute atomic E-state index is 13.5. The Balaban J connectivity index is 1.95. The Hall–Kier alpha value is -2.60. The minimum absolute atomic E-state index is 0.0375. The molecule has 2 aromatic rings. The molecule has 0 radical (unpaired) electrons. The first-order valence-corrected chi connectivity index (χ1v) is 8.91. The molecular weight excluding hydrogens is 369 g/mol. The number of carbonyl (C=O) groups is 1. The Morgan fingerprint density at radius 1 is 1.22 bits per heavy atom. The molecule has 1 spiro atoms. The van der Waals surface area contributed by atoms with Crippen LogP contribution in [0.3, 0.4) is 0 Å². The van der Waals surface area contributed by atoms with Crippen molar-refractivity contribution in [1.29, 1.82) is 0 Å². The van der Waals surface area contributed by atoms with Gasteiger partial charge in [-0.15, -0.1) is 0 Å². The highest BCUT2D eigenvalue weighted by atomic mass is 35.5. The smallest absolute Gasteiger partial charge is 0.262 e. The van der Waals surface area contributed by atoms with E-state index in [1.165, 1.54) is 11.0 Å². The Morgan fingerprint density at radius 3 is 2.52 bits per heavy atom. The SMILES string of the molecule is CN1C(=O)C2(N=C1N)c1cc(-c3ccc(F)c(Cl)c3)ccc1OCC2(C)C. The Bertz CT molecular complexity index is 1000. The number of aliphatic imine (C=N–C) groups is 1. The zero-order valence-corrected chi connectivity index (χ0v) is 16.0. The summed E-state index contributed by atoms with van der Waals surface area (Å²) in [7, 11) is 1.62. The van der Waals surface area contributed by atoms with Gasteiger partial charge >= 0.3 is 0 Å². The van der Waals surface area contributed by atoms with Gasteiger partial charge in [-0.2, -0.15) is 0 Å². The Kier molecular flexibility index (Phi) is 3.75. The van der Waals surface area contributed by atoms with Gasteiger partial charge < -0.3 is 10.5 Å². The molecule has 2 aliphatic rings. The molecular formula is C20H19ClFN3O2. The highest BCUT2D eigenvalue weighted by Gasteiger charge is 2.61. The maximum Gasteiger partial charge on any atom is 0.262 e. The lowest BCUT2D eigenvalue weighted by Gasteiger charge is -2.44. The van der Waals surface area contributed by atoms with Gasteiger partial charge in [0.05, 0.1) is 11.6 Å². The van der Waals surface area contributed by atoms with E-state index in [9.17, 15) is 9.18 Å². The van der Waals surface area contributed by atoms with Crippen molar-refractivity contribution in [2.45, 2.75) is 19.4 Å². The molecule has 0 aliphatic carbocycles. The summed E-state index contributed by atoms with van der Waals surface area (Å²) in [6.45, 7) is 4.20. The van der Waals surface area contributed by atoms with Crippen LogP contribution in [-0.2, 0) is 10.3 Å². The molecule has 1 amide bonds. The summed E-state index contributed by atoms with van der Waals surface area (Å²) in [5.74, 6) is 0.0933. The molecule has 1 unspecified atom stereocenters. The van der Waals surface area contributed by atoms with Crippen LogP contribution in [0.5, 0.6) is 5.75 Å². The van der Waals surface area contributed by atoms with E-state index in [2.05, 4.69) is 4.99 Å².